The molecular weight excluding hydrogens is 372 g/mol. The Morgan fingerprint density at radius 1 is 1.31 bits per heavy atom. The van der Waals surface area contributed by atoms with E-state index in [2.05, 4.69) is 23.9 Å². The van der Waals surface area contributed by atoms with Gasteiger partial charge in [-0.05, 0) is 26.8 Å². The van der Waals surface area contributed by atoms with Crippen LogP contribution >= 0.6 is 22.9 Å². The lowest BCUT2D eigenvalue weighted by atomic mass is 10.0. The van der Waals surface area contributed by atoms with E-state index in [0.29, 0.717) is 15.8 Å². The van der Waals surface area contributed by atoms with E-state index in [1.807, 2.05) is 31.2 Å². The number of fused-ring (bicyclic) bond motifs is 1. The highest BCUT2D eigenvalue weighted by molar-refractivity contribution is 7.17. The van der Waals surface area contributed by atoms with Gasteiger partial charge in [0.1, 0.15) is 36.0 Å². The van der Waals surface area contributed by atoms with Crippen LogP contribution in [-0.4, -0.2) is 45.0 Å². The summed E-state index contributed by atoms with van der Waals surface area (Å²) >= 11 is 8.02. The molecule has 1 aliphatic heterocycles. The van der Waals surface area contributed by atoms with E-state index in [9.17, 15) is 5.11 Å². The molecule has 0 spiro atoms. The Labute approximate surface area is 161 Å². The zero-order valence-corrected chi connectivity index (χ0v) is 16.5. The SMILES string of the molecule is Cc1nc2sc([C@@H](c3ccccc3Cl)[NH+]3C[C@@H](C)O[C@H](C)C3)c(O)n2n1. The van der Waals surface area contributed by atoms with Crippen LogP contribution < -0.4 is 4.90 Å². The van der Waals surface area contributed by atoms with Gasteiger partial charge in [0.25, 0.3) is 0 Å². The summed E-state index contributed by atoms with van der Waals surface area (Å²) in [5.41, 5.74) is 1.00. The fourth-order valence-corrected chi connectivity index (χ4v) is 5.26. The molecule has 1 aromatic carbocycles. The number of ether oxygens (including phenoxy) is 1. The summed E-state index contributed by atoms with van der Waals surface area (Å²) in [6.07, 6.45) is 0.288. The quantitative estimate of drug-likeness (QED) is 0.716. The Morgan fingerprint density at radius 3 is 2.65 bits per heavy atom. The molecule has 2 aromatic heterocycles. The number of halogens is 1. The molecule has 6 nitrogen and oxygen atoms in total. The molecule has 1 fully saturated rings. The third-order valence-corrected chi connectivity index (χ3v) is 6.19. The Hall–Kier alpha value is -1.67. The van der Waals surface area contributed by atoms with Crippen LogP contribution in [0.5, 0.6) is 5.88 Å². The van der Waals surface area contributed by atoms with Gasteiger partial charge in [-0.25, -0.2) is 4.98 Å². The fourth-order valence-electron chi connectivity index (χ4n) is 3.84. The zero-order valence-electron chi connectivity index (χ0n) is 14.9. The van der Waals surface area contributed by atoms with Crippen molar-refractivity contribution in [2.45, 2.75) is 39.0 Å². The number of morpholine rings is 1. The lowest BCUT2D eigenvalue weighted by molar-refractivity contribution is -0.939. The van der Waals surface area contributed by atoms with Gasteiger partial charge in [0.2, 0.25) is 10.8 Å². The fraction of sp³-hybridized carbons (Fsp3) is 0.444. The number of benzene rings is 1. The van der Waals surface area contributed by atoms with E-state index in [-0.39, 0.29) is 24.1 Å². The number of aromatic hydroxyl groups is 1. The molecular formula is C18H22ClN4O2S+. The lowest BCUT2D eigenvalue weighted by Gasteiger charge is -2.37. The summed E-state index contributed by atoms with van der Waals surface area (Å²) in [7, 11) is 0. The van der Waals surface area contributed by atoms with E-state index in [0.717, 1.165) is 23.5 Å². The van der Waals surface area contributed by atoms with Crippen LogP contribution in [0, 0.1) is 6.92 Å². The van der Waals surface area contributed by atoms with Crippen molar-refractivity contribution in [2.75, 3.05) is 13.1 Å². The first-order chi connectivity index (χ1) is 12.4. The molecule has 0 radical (unpaired) electrons. The van der Waals surface area contributed by atoms with E-state index >= 15 is 0 Å². The second-order valence-corrected chi connectivity index (χ2v) is 8.34. The van der Waals surface area contributed by atoms with Crippen molar-refractivity contribution in [3.8, 4) is 5.88 Å². The zero-order chi connectivity index (χ0) is 18.4. The first kappa shape index (κ1) is 17.7. The number of quaternary nitrogens is 1. The van der Waals surface area contributed by atoms with Crippen LogP contribution in [0.1, 0.15) is 36.2 Å². The molecule has 3 heterocycles. The van der Waals surface area contributed by atoms with Gasteiger partial charge in [-0.1, -0.05) is 41.1 Å². The first-order valence-corrected chi connectivity index (χ1v) is 9.93. The summed E-state index contributed by atoms with van der Waals surface area (Å²) in [6, 6.07) is 7.75. The van der Waals surface area contributed by atoms with Gasteiger partial charge in [0.05, 0.1) is 5.02 Å². The molecule has 2 N–H and O–H groups in total. The van der Waals surface area contributed by atoms with Gasteiger partial charge < -0.3 is 14.7 Å². The van der Waals surface area contributed by atoms with E-state index in [1.165, 1.54) is 20.8 Å². The predicted molar refractivity (Wildman–Crippen MR) is 101 cm³/mol. The molecule has 8 heteroatoms. The second-order valence-electron chi connectivity index (χ2n) is 6.92. The monoisotopic (exact) mass is 393 g/mol. The molecule has 0 amide bonds. The van der Waals surface area contributed by atoms with Gasteiger partial charge in [-0.3, -0.25) is 0 Å². The number of thiazole rings is 1. The predicted octanol–water partition coefficient (Wildman–Crippen LogP) is 2.24. The number of nitrogens with zero attached hydrogens (tertiary/aromatic N) is 3. The van der Waals surface area contributed by atoms with Crippen molar-refractivity contribution in [1.82, 2.24) is 14.6 Å². The van der Waals surface area contributed by atoms with E-state index in [1.54, 1.807) is 0 Å². The topological polar surface area (TPSA) is 64.1 Å². The third kappa shape index (κ3) is 3.09. The minimum Gasteiger partial charge on any atom is -0.492 e. The van der Waals surface area contributed by atoms with Crippen molar-refractivity contribution in [2.24, 2.45) is 0 Å². The summed E-state index contributed by atoms with van der Waals surface area (Å²) < 4.78 is 7.44. The van der Waals surface area contributed by atoms with E-state index < -0.39 is 0 Å². The summed E-state index contributed by atoms with van der Waals surface area (Å²) in [6.45, 7) is 7.68. The number of aromatic nitrogens is 3. The van der Waals surface area contributed by atoms with E-state index in [4.69, 9.17) is 16.3 Å². The molecule has 0 unspecified atom stereocenters. The summed E-state index contributed by atoms with van der Waals surface area (Å²) in [5, 5.41) is 15.9. The summed E-state index contributed by atoms with van der Waals surface area (Å²) in [4.78, 5) is 7.26. The van der Waals surface area contributed by atoms with Gasteiger partial charge in [-0.15, -0.1) is 5.10 Å². The molecule has 0 aliphatic carbocycles. The molecule has 0 bridgehead atoms. The third-order valence-electron chi connectivity index (χ3n) is 4.76. The molecule has 138 valence electrons. The second kappa shape index (κ2) is 6.81. The first-order valence-electron chi connectivity index (χ1n) is 8.73. The maximum Gasteiger partial charge on any atom is 0.235 e. The van der Waals surface area contributed by atoms with Gasteiger partial charge >= 0.3 is 0 Å². The van der Waals surface area contributed by atoms with Gasteiger partial charge in [0, 0.05) is 5.56 Å². The Balaban J connectivity index is 1.85. The molecule has 4 rings (SSSR count). The average molecular weight is 394 g/mol. The minimum absolute atomic E-state index is 0.0914. The highest BCUT2D eigenvalue weighted by atomic mass is 35.5. The summed E-state index contributed by atoms with van der Waals surface area (Å²) in [5.74, 6) is 0.795. The molecule has 1 aliphatic rings. The molecule has 3 aromatic rings. The van der Waals surface area contributed by atoms with Crippen LogP contribution in [0.4, 0.5) is 0 Å². The van der Waals surface area contributed by atoms with Gasteiger partial charge in [-0.2, -0.15) is 4.52 Å². The number of rotatable bonds is 3. The average Bonchev–Trinajstić information content (AvgIpc) is 3.07. The van der Waals surface area contributed by atoms with Crippen molar-refractivity contribution in [1.29, 1.82) is 0 Å². The number of hydrogen-bond acceptors (Lipinski definition) is 5. The van der Waals surface area contributed by atoms with Crippen molar-refractivity contribution in [3.05, 3.63) is 45.6 Å². The van der Waals surface area contributed by atoms with Crippen LogP contribution in [0.3, 0.4) is 0 Å². The van der Waals surface area contributed by atoms with Crippen LogP contribution in [0.2, 0.25) is 5.02 Å². The Morgan fingerprint density at radius 2 is 2.00 bits per heavy atom. The largest absolute Gasteiger partial charge is 0.492 e. The minimum atomic E-state index is -0.0914. The normalized spacial score (nSPS) is 24.8. The van der Waals surface area contributed by atoms with Gasteiger partial charge in [0.15, 0.2) is 6.04 Å². The maximum absolute atomic E-state index is 10.9. The van der Waals surface area contributed by atoms with Crippen LogP contribution in [0.25, 0.3) is 4.96 Å². The Bertz CT molecular complexity index is 931. The standard InChI is InChI=1S/C18H21ClN4O2S/c1-10-8-22(9-11(2)25-10)15(13-6-4-5-7-14(13)19)16-17(24)23-18(26-16)20-12(3)21-23/h4-7,10-11,15,24H,8-9H2,1-3H3/p+1/t10-,11-,15-/m1/s1. The molecule has 26 heavy (non-hydrogen) atoms. The highest BCUT2D eigenvalue weighted by Crippen LogP contribution is 2.37. The number of nitrogens with one attached hydrogen (secondary N) is 1. The number of hydrogen-bond donors (Lipinski definition) is 2. The molecule has 1 saturated heterocycles. The van der Waals surface area contributed by atoms with Crippen LogP contribution in [0.15, 0.2) is 24.3 Å². The van der Waals surface area contributed by atoms with Crippen molar-refractivity contribution in [3.63, 3.8) is 0 Å². The van der Waals surface area contributed by atoms with Crippen LogP contribution in [-0.2, 0) is 4.74 Å². The Kier molecular flexibility index (Phi) is 4.64. The highest BCUT2D eigenvalue weighted by Gasteiger charge is 2.38. The molecule has 0 saturated carbocycles. The molecule has 3 atom stereocenters. The maximum atomic E-state index is 10.9. The number of aryl methyl sites for hydroxylation is 1. The van der Waals surface area contributed by atoms with Crippen molar-refractivity contribution < 1.29 is 14.7 Å². The van der Waals surface area contributed by atoms with Crippen molar-refractivity contribution >= 4 is 27.9 Å². The smallest absolute Gasteiger partial charge is 0.235 e. The lowest BCUT2D eigenvalue weighted by Crippen LogP contribution is -3.15.